The predicted molar refractivity (Wildman–Crippen MR) is 81.2 cm³/mol. The van der Waals surface area contributed by atoms with Gasteiger partial charge < -0.3 is 4.84 Å². The van der Waals surface area contributed by atoms with Gasteiger partial charge in [-0.25, -0.2) is 0 Å². The summed E-state index contributed by atoms with van der Waals surface area (Å²) in [4.78, 5) is 5.48. The molecule has 1 saturated carbocycles. The fourth-order valence-electron chi connectivity index (χ4n) is 2.62. The van der Waals surface area contributed by atoms with E-state index in [4.69, 9.17) is 16.4 Å². The minimum atomic E-state index is -4.44. The maximum atomic E-state index is 13.1. The van der Waals surface area contributed by atoms with E-state index in [-0.39, 0.29) is 22.4 Å². The highest BCUT2D eigenvalue weighted by molar-refractivity contribution is 6.31. The van der Waals surface area contributed by atoms with Crippen molar-refractivity contribution < 1.29 is 18.0 Å². The minimum Gasteiger partial charge on any atom is -0.392 e. The average molecular weight is 334 g/mol. The Balaban J connectivity index is 2.27. The molecule has 122 valence electrons. The molecule has 0 unspecified atom stereocenters. The monoisotopic (exact) mass is 333 g/mol. The fourth-order valence-corrected chi connectivity index (χ4v) is 2.79. The van der Waals surface area contributed by atoms with Gasteiger partial charge in [0.25, 0.3) is 0 Å². The molecule has 0 radical (unpaired) electrons. The van der Waals surface area contributed by atoms with Crippen molar-refractivity contribution in [3.63, 3.8) is 0 Å². The lowest BCUT2D eigenvalue weighted by atomic mass is 9.98. The first-order chi connectivity index (χ1) is 10.4. The van der Waals surface area contributed by atoms with Crippen LogP contribution in [0.3, 0.4) is 0 Å². The van der Waals surface area contributed by atoms with Crippen molar-refractivity contribution in [2.75, 3.05) is 0 Å². The lowest BCUT2D eigenvalue weighted by Crippen LogP contribution is -2.17. The molecule has 1 fully saturated rings. The number of hydrogen-bond donors (Lipinski definition) is 0. The van der Waals surface area contributed by atoms with Crippen LogP contribution in [0.1, 0.15) is 56.6 Å². The van der Waals surface area contributed by atoms with E-state index in [0.717, 1.165) is 31.7 Å². The van der Waals surface area contributed by atoms with Crippen LogP contribution >= 0.6 is 11.6 Å². The van der Waals surface area contributed by atoms with Crippen molar-refractivity contribution in [3.05, 3.63) is 34.3 Å². The maximum Gasteiger partial charge on any atom is 0.417 e. The Labute approximate surface area is 133 Å². The number of rotatable bonds is 4. The standard InChI is InChI=1S/C16H19ClF3NO/c1-2-15(21-22-12-6-4-3-5-7-12)13-10-11(17)8-9-14(13)16(18,19)20/h8-10,12H,2-7H2,1H3/b21-15+. The molecule has 0 heterocycles. The molecule has 22 heavy (non-hydrogen) atoms. The van der Waals surface area contributed by atoms with Gasteiger partial charge in [0.1, 0.15) is 6.10 Å². The summed E-state index contributed by atoms with van der Waals surface area (Å²) < 4.78 is 39.4. The van der Waals surface area contributed by atoms with Crippen LogP contribution < -0.4 is 0 Å². The Morgan fingerprint density at radius 1 is 1.27 bits per heavy atom. The first-order valence-corrected chi connectivity index (χ1v) is 7.89. The summed E-state index contributed by atoms with van der Waals surface area (Å²) in [7, 11) is 0. The lowest BCUT2D eigenvalue weighted by Gasteiger charge is -2.20. The molecule has 0 spiro atoms. The van der Waals surface area contributed by atoms with Crippen LogP contribution in [0.2, 0.25) is 5.02 Å². The van der Waals surface area contributed by atoms with E-state index in [1.165, 1.54) is 18.6 Å². The van der Waals surface area contributed by atoms with Gasteiger partial charge in [0.15, 0.2) is 0 Å². The number of oxime groups is 1. The number of halogens is 4. The zero-order valence-electron chi connectivity index (χ0n) is 12.4. The molecular formula is C16H19ClF3NO. The van der Waals surface area contributed by atoms with Crippen molar-refractivity contribution in [1.29, 1.82) is 0 Å². The smallest absolute Gasteiger partial charge is 0.392 e. The molecule has 0 bridgehead atoms. The number of alkyl halides is 3. The van der Waals surface area contributed by atoms with Gasteiger partial charge in [-0.05, 0) is 50.3 Å². The molecule has 1 aliphatic carbocycles. The van der Waals surface area contributed by atoms with Crippen molar-refractivity contribution in [1.82, 2.24) is 0 Å². The molecule has 0 amide bonds. The van der Waals surface area contributed by atoms with Gasteiger partial charge in [0.2, 0.25) is 0 Å². The highest BCUT2D eigenvalue weighted by Crippen LogP contribution is 2.34. The highest BCUT2D eigenvalue weighted by atomic mass is 35.5. The number of nitrogens with zero attached hydrogens (tertiary/aromatic N) is 1. The third-order valence-electron chi connectivity index (χ3n) is 3.80. The zero-order valence-corrected chi connectivity index (χ0v) is 13.2. The van der Waals surface area contributed by atoms with Crippen molar-refractivity contribution in [2.45, 2.75) is 57.7 Å². The van der Waals surface area contributed by atoms with Crippen LogP contribution in [0, 0.1) is 0 Å². The Bertz CT molecular complexity index is 537. The SMILES string of the molecule is CC/C(=N\OC1CCCCC1)c1cc(Cl)ccc1C(F)(F)F. The molecule has 1 aromatic carbocycles. The van der Waals surface area contributed by atoms with Gasteiger partial charge in [-0.2, -0.15) is 13.2 Å². The summed E-state index contributed by atoms with van der Waals surface area (Å²) in [6.07, 6.45) is 1.04. The largest absolute Gasteiger partial charge is 0.417 e. The van der Waals surface area contributed by atoms with Crippen LogP contribution in [-0.4, -0.2) is 11.8 Å². The maximum absolute atomic E-state index is 13.1. The van der Waals surface area contributed by atoms with E-state index in [1.807, 2.05) is 0 Å². The Morgan fingerprint density at radius 3 is 2.55 bits per heavy atom. The van der Waals surface area contributed by atoms with E-state index < -0.39 is 11.7 Å². The van der Waals surface area contributed by atoms with Gasteiger partial charge in [-0.3, -0.25) is 0 Å². The molecule has 2 nitrogen and oxygen atoms in total. The molecular weight excluding hydrogens is 315 g/mol. The molecule has 0 aromatic heterocycles. The van der Waals surface area contributed by atoms with Crippen molar-refractivity contribution in [3.8, 4) is 0 Å². The minimum absolute atomic E-state index is 0.00157. The van der Waals surface area contributed by atoms with Gasteiger partial charge in [0, 0.05) is 10.6 Å². The molecule has 6 heteroatoms. The second kappa shape index (κ2) is 7.36. The Hall–Kier alpha value is -1.23. The van der Waals surface area contributed by atoms with Crippen LogP contribution in [0.5, 0.6) is 0 Å². The molecule has 1 aromatic rings. The van der Waals surface area contributed by atoms with E-state index in [9.17, 15) is 13.2 Å². The molecule has 0 N–H and O–H groups in total. The molecule has 1 aliphatic rings. The van der Waals surface area contributed by atoms with Crippen LogP contribution in [0.4, 0.5) is 13.2 Å². The van der Waals surface area contributed by atoms with E-state index >= 15 is 0 Å². The molecule has 0 aliphatic heterocycles. The fraction of sp³-hybridized carbons (Fsp3) is 0.562. The molecule has 0 atom stereocenters. The summed E-state index contributed by atoms with van der Waals surface area (Å²) in [5.74, 6) is 0. The summed E-state index contributed by atoms with van der Waals surface area (Å²) >= 11 is 5.85. The van der Waals surface area contributed by atoms with Crippen LogP contribution in [0.25, 0.3) is 0 Å². The van der Waals surface area contributed by atoms with E-state index in [0.29, 0.717) is 6.42 Å². The lowest BCUT2D eigenvalue weighted by molar-refractivity contribution is -0.137. The van der Waals surface area contributed by atoms with E-state index in [1.54, 1.807) is 6.92 Å². The summed E-state index contributed by atoms with van der Waals surface area (Å²) in [6.45, 7) is 1.75. The molecule has 0 saturated heterocycles. The predicted octanol–water partition coefficient (Wildman–Crippen LogP) is 5.82. The first-order valence-electron chi connectivity index (χ1n) is 7.51. The van der Waals surface area contributed by atoms with Crippen LogP contribution in [0.15, 0.2) is 23.4 Å². The van der Waals surface area contributed by atoms with Gasteiger partial charge >= 0.3 is 6.18 Å². The van der Waals surface area contributed by atoms with Crippen molar-refractivity contribution >= 4 is 17.3 Å². The normalized spacial score (nSPS) is 17.6. The third-order valence-corrected chi connectivity index (χ3v) is 4.03. The quantitative estimate of drug-likeness (QED) is 0.502. The summed E-state index contributed by atoms with van der Waals surface area (Å²) in [5, 5.41) is 4.26. The summed E-state index contributed by atoms with van der Waals surface area (Å²) in [6, 6.07) is 3.53. The van der Waals surface area contributed by atoms with Gasteiger partial charge in [-0.1, -0.05) is 30.1 Å². The van der Waals surface area contributed by atoms with Crippen LogP contribution in [-0.2, 0) is 11.0 Å². The Kier molecular flexibility index (Phi) is 5.73. The zero-order chi connectivity index (χ0) is 16.2. The van der Waals surface area contributed by atoms with Crippen molar-refractivity contribution in [2.24, 2.45) is 5.16 Å². The Morgan fingerprint density at radius 2 is 1.95 bits per heavy atom. The number of benzene rings is 1. The average Bonchev–Trinajstić information content (AvgIpc) is 2.48. The second-order valence-corrected chi connectivity index (χ2v) is 5.88. The van der Waals surface area contributed by atoms with Gasteiger partial charge in [0.05, 0.1) is 11.3 Å². The van der Waals surface area contributed by atoms with Gasteiger partial charge in [-0.15, -0.1) is 0 Å². The molecule has 2 rings (SSSR count). The summed E-state index contributed by atoms with van der Waals surface area (Å²) in [5.41, 5.74) is -0.455. The van der Waals surface area contributed by atoms with E-state index in [2.05, 4.69) is 5.16 Å². The second-order valence-electron chi connectivity index (χ2n) is 5.44. The highest BCUT2D eigenvalue weighted by Gasteiger charge is 2.34. The first kappa shape index (κ1) is 17.1. The topological polar surface area (TPSA) is 21.6 Å². The number of hydrogen-bond acceptors (Lipinski definition) is 2. The third kappa shape index (κ3) is 4.38.